The Hall–Kier alpha value is -1.99. The van der Waals surface area contributed by atoms with Crippen LogP contribution in [-0.4, -0.2) is 52.0 Å². The second kappa shape index (κ2) is 7.36. The number of hydrogen-bond acceptors (Lipinski definition) is 5. The zero-order chi connectivity index (χ0) is 20.0. The average molecular weight is 413 g/mol. The number of hydrogen-bond donors (Lipinski definition) is 1. The molecule has 3 amide bonds. The molecule has 3 atom stereocenters. The van der Waals surface area contributed by atoms with Crippen molar-refractivity contribution in [2.24, 2.45) is 5.92 Å². The van der Waals surface area contributed by atoms with Crippen LogP contribution >= 0.6 is 11.3 Å². The molecular weight excluding hydrogens is 384 g/mol. The summed E-state index contributed by atoms with van der Waals surface area (Å²) in [4.78, 5) is 34.5. The van der Waals surface area contributed by atoms with E-state index < -0.39 is 5.54 Å². The number of fused-ring (bicyclic) bond motifs is 1. The van der Waals surface area contributed by atoms with Crippen LogP contribution in [0.3, 0.4) is 0 Å². The molecule has 2 aliphatic heterocycles. The number of para-hydroxylation sites is 1. The van der Waals surface area contributed by atoms with Crippen molar-refractivity contribution < 1.29 is 9.59 Å². The van der Waals surface area contributed by atoms with Crippen LogP contribution in [0.15, 0.2) is 24.3 Å². The fraction of sp³-hybridized carbons (Fsp3) is 0.591. The van der Waals surface area contributed by atoms with E-state index in [0.29, 0.717) is 12.6 Å². The van der Waals surface area contributed by atoms with E-state index in [1.165, 1.54) is 14.6 Å². The maximum Gasteiger partial charge on any atom is 0.326 e. The molecule has 7 heteroatoms. The van der Waals surface area contributed by atoms with E-state index in [2.05, 4.69) is 35.3 Å². The monoisotopic (exact) mass is 412 g/mol. The lowest BCUT2D eigenvalue weighted by Gasteiger charge is -2.37. The minimum absolute atomic E-state index is 0.0168. The first-order valence-corrected chi connectivity index (χ1v) is 11.6. The number of imide groups is 1. The minimum Gasteiger partial charge on any atom is -0.323 e. The highest BCUT2D eigenvalue weighted by molar-refractivity contribution is 7.18. The van der Waals surface area contributed by atoms with Gasteiger partial charge < -0.3 is 5.32 Å². The van der Waals surface area contributed by atoms with Gasteiger partial charge in [-0.3, -0.25) is 9.69 Å². The van der Waals surface area contributed by atoms with Gasteiger partial charge in [0.25, 0.3) is 5.91 Å². The molecule has 1 aromatic heterocycles. The van der Waals surface area contributed by atoms with Gasteiger partial charge in [-0.15, -0.1) is 11.3 Å². The lowest BCUT2D eigenvalue weighted by atomic mass is 9.73. The lowest BCUT2D eigenvalue weighted by Crippen LogP contribution is -2.54. The highest BCUT2D eigenvalue weighted by Gasteiger charge is 2.55. The van der Waals surface area contributed by atoms with Gasteiger partial charge in [0.15, 0.2) is 0 Å². The number of thiazole rings is 1. The quantitative estimate of drug-likeness (QED) is 0.776. The first kappa shape index (κ1) is 19.0. The third-order valence-electron chi connectivity index (χ3n) is 7.01. The Morgan fingerprint density at radius 3 is 2.90 bits per heavy atom. The van der Waals surface area contributed by atoms with Crippen LogP contribution in [0.4, 0.5) is 4.79 Å². The molecular formula is C22H28N4O2S. The van der Waals surface area contributed by atoms with Crippen molar-refractivity contribution >= 4 is 33.5 Å². The van der Waals surface area contributed by atoms with Crippen LogP contribution in [0.2, 0.25) is 0 Å². The summed E-state index contributed by atoms with van der Waals surface area (Å²) in [7, 11) is 0. The molecule has 29 heavy (non-hydrogen) atoms. The summed E-state index contributed by atoms with van der Waals surface area (Å²) in [6.45, 7) is 4.26. The molecule has 154 valence electrons. The molecule has 0 radical (unpaired) electrons. The summed E-state index contributed by atoms with van der Waals surface area (Å²) in [6, 6.07) is 8.05. The standard InChI is InChI=1S/C22H28N4O2S/c1-15-7-4-5-11-22(15)20(27)26(21(28)24-22)14-25-12-6-8-16(13-25)19-23-17-9-2-3-10-18(17)29-19/h2-3,9-10,15-16H,4-8,11-14H2,1H3,(H,24,28)/t15-,16-,22+/m1/s1. The maximum atomic E-state index is 13.3. The number of nitrogens with one attached hydrogen (secondary N) is 1. The fourth-order valence-corrected chi connectivity index (χ4v) is 6.37. The van der Waals surface area contributed by atoms with E-state index in [4.69, 9.17) is 4.98 Å². The highest BCUT2D eigenvalue weighted by Crippen LogP contribution is 2.39. The Labute approximate surface area is 175 Å². The number of amides is 3. The molecule has 3 heterocycles. The molecule has 5 rings (SSSR count). The predicted octanol–water partition coefficient (Wildman–Crippen LogP) is 3.93. The molecule has 3 aliphatic rings. The maximum absolute atomic E-state index is 13.3. The van der Waals surface area contributed by atoms with Gasteiger partial charge in [0.2, 0.25) is 0 Å². The van der Waals surface area contributed by atoms with Crippen molar-refractivity contribution in [3.05, 3.63) is 29.3 Å². The fourth-order valence-electron chi connectivity index (χ4n) is 5.27. The Balaban J connectivity index is 1.30. The summed E-state index contributed by atoms with van der Waals surface area (Å²) in [6.07, 6.45) is 6.09. The zero-order valence-electron chi connectivity index (χ0n) is 16.9. The van der Waals surface area contributed by atoms with Gasteiger partial charge in [-0.25, -0.2) is 14.7 Å². The average Bonchev–Trinajstić information content (AvgIpc) is 3.26. The Morgan fingerprint density at radius 2 is 2.07 bits per heavy atom. The molecule has 6 nitrogen and oxygen atoms in total. The molecule has 1 spiro atoms. The number of rotatable bonds is 3. The van der Waals surface area contributed by atoms with Gasteiger partial charge in [-0.1, -0.05) is 31.9 Å². The number of likely N-dealkylation sites (tertiary alicyclic amines) is 1. The third kappa shape index (κ3) is 3.24. The Morgan fingerprint density at radius 1 is 1.21 bits per heavy atom. The van der Waals surface area contributed by atoms with Crippen molar-refractivity contribution in [2.75, 3.05) is 19.8 Å². The van der Waals surface area contributed by atoms with Crippen molar-refractivity contribution in [3.8, 4) is 0 Å². The molecule has 1 aromatic carbocycles. The van der Waals surface area contributed by atoms with E-state index in [1.807, 2.05) is 6.07 Å². The van der Waals surface area contributed by atoms with Crippen LogP contribution in [0.25, 0.3) is 10.2 Å². The van der Waals surface area contributed by atoms with Gasteiger partial charge in [0.1, 0.15) is 5.54 Å². The van der Waals surface area contributed by atoms with E-state index in [-0.39, 0.29) is 17.9 Å². The predicted molar refractivity (Wildman–Crippen MR) is 114 cm³/mol. The van der Waals surface area contributed by atoms with Crippen molar-refractivity contribution in [1.29, 1.82) is 0 Å². The molecule has 1 aliphatic carbocycles. The number of carbonyl (C=O) groups is 2. The van der Waals surface area contributed by atoms with E-state index >= 15 is 0 Å². The number of nitrogens with zero attached hydrogens (tertiary/aromatic N) is 3. The summed E-state index contributed by atoms with van der Waals surface area (Å²) in [5.74, 6) is 0.552. The normalized spacial score (nSPS) is 31.0. The summed E-state index contributed by atoms with van der Waals surface area (Å²) in [5, 5.41) is 4.24. The van der Waals surface area contributed by atoms with E-state index in [0.717, 1.165) is 57.1 Å². The van der Waals surface area contributed by atoms with Crippen molar-refractivity contribution in [3.63, 3.8) is 0 Å². The molecule has 0 unspecified atom stereocenters. The topological polar surface area (TPSA) is 65.5 Å². The molecule has 1 N–H and O–H groups in total. The van der Waals surface area contributed by atoms with Gasteiger partial charge in [-0.05, 0) is 50.3 Å². The van der Waals surface area contributed by atoms with Crippen LogP contribution in [0.1, 0.15) is 56.4 Å². The number of carbonyl (C=O) groups excluding carboxylic acids is 2. The van der Waals surface area contributed by atoms with Gasteiger partial charge in [-0.2, -0.15) is 0 Å². The van der Waals surface area contributed by atoms with E-state index in [9.17, 15) is 9.59 Å². The Kier molecular flexibility index (Phi) is 4.82. The van der Waals surface area contributed by atoms with Gasteiger partial charge >= 0.3 is 6.03 Å². The third-order valence-corrected chi connectivity index (χ3v) is 8.21. The molecule has 0 bridgehead atoms. The van der Waals surface area contributed by atoms with Crippen molar-refractivity contribution in [1.82, 2.24) is 20.1 Å². The van der Waals surface area contributed by atoms with Crippen molar-refractivity contribution in [2.45, 2.75) is 56.9 Å². The number of aromatic nitrogens is 1. The summed E-state index contributed by atoms with van der Waals surface area (Å²) < 4.78 is 1.22. The highest BCUT2D eigenvalue weighted by atomic mass is 32.1. The minimum atomic E-state index is -0.669. The van der Waals surface area contributed by atoms with Gasteiger partial charge in [0, 0.05) is 12.5 Å². The lowest BCUT2D eigenvalue weighted by molar-refractivity contribution is -0.135. The number of urea groups is 1. The first-order chi connectivity index (χ1) is 14.1. The molecule has 2 saturated heterocycles. The summed E-state index contributed by atoms with van der Waals surface area (Å²) in [5.41, 5.74) is 0.393. The second-order valence-corrected chi connectivity index (χ2v) is 9.92. The van der Waals surface area contributed by atoms with Crippen LogP contribution in [0.5, 0.6) is 0 Å². The second-order valence-electron chi connectivity index (χ2n) is 8.86. The zero-order valence-corrected chi connectivity index (χ0v) is 17.7. The largest absolute Gasteiger partial charge is 0.326 e. The number of piperidine rings is 1. The van der Waals surface area contributed by atoms with Gasteiger partial charge in [0.05, 0.1) is 21.9 Å². The smallest absolute Gasteiger partial charge is 0.323 e. The van der Waals surface area contributed by atoms with Crippen LogP contribution < -0.4 is 5.32 Å². The van der Waals surface area contributed by atoms with Crippen LogP contribution in [-0.2, 0) is 4.79 Å². The summed E-state index contributed by atoms with van der Waals surface area (Å²) >= 11 is 1.77. The SMILES string of the molecule is C[C@@H]1CCCC[C@]12NC(=O)N(CN1CCC[C@@H](c3nc4ccccc4s3)C1)C2=O. The van der Waals surface area contributed by atoms with E-state index in [1.54, 1.807) is 11.3 Å². The molecule has 3 fully saturated rings. The van der Waals surface area contributed by atoms with Crippen LogP contribution in [0, 0.1) is 5.92 Å². The molecule has 1 saturated carbocycles. The first-order valence-electron chi connectivity index (χ1n) is 10.8. The Bertz CT molecular complexity index is 911. The number of benzene rings is 1. The molecule has 2 aromatic rings.